The molecular weight excluding hydrogens is 286 g/mol. The van der Waals surface area contributed by atoms with E-state index >= 15 is 0 Å². The number of carbonyl (C=O) groups excluding carboxylic acids is 2. The molecule has 2 aliphatic rings. The fourth-order valence-electron chi connectivity index (χ4n) is 2.97. The first-order valence-electron chi connectivity index (χ1n) is 7.61. The first-order chi connectivity index (χ1) is 10.1. The molecule has 5 nitrogen and oxygen atoms in total. The molecule has 114 valence electrons. The van der Waals surface area contributed by atoms with Crippen molar-refractivity contribution in [2.24, 2.45) is 5.92 Å². The number of nitrogens with zero attached hydrogens (tertiary/aromatic N) is 3. The van der Waals surface area contributed by atoms with Gasteiger partial charge in [0.1, 0.15) is 0 Å². The molecule has 2 aliphatic heterocycles. The average Bonchev–Trinajstić information content (AvgIpc) is 2.83. The van der Waals surface area contributed by atoms with E-state index in [1.807, 2.05) is 17.2 Å². The SMILES string of the molecule is Cc1nc(CC(=O)N2CC(C(=O)N3CCCCC3)C2)cs1. The summed E-state index contributed by atoms with van der Waals surface area (Å²) in [7, 11) is 0. The lowest BCUT2D eigenvalue weighted by Gasteiger charge is -2.41. The average molecular weight is 307 g/mol. The van der Waals surface area contributed by atoms with Crippen LogP contribution in [0.2, 0.25) is 0 Å². The van der Waals surface area contributed by atoms with Gasteiger partial charge >= 0.3 is 0 Å². The molecule has 0 unspecified atom stereocenters. The molecule has 0 spiro atoms. The van der Waals surface area contributed by atoms with Crippen LogP contribution in [0, 0.1) is 12.8 Å². The first kappa shape index (κ1) is 14.5. The smallest absolute Gasteiger partial charge is 0.229 e. The summed E-state index contributed by atoms with van der Waals surface area (Å²) >= 11 is 1.57. The van der Waals surface area contributed by atoms with Gasteiger partial charge in [-0.2, -0.15) is 0 Å². The lowest BCUT2D eigenvalue weighted by atomic mass is 9.96. The minimum absolute atomic E-state index is 0.0178. The highest BCUT2D eigenvalue weighted by Gasteiger charge is 2.37. The number of piperidine rings is 1. The number of aromatic nitrogens is 1. The molecule has 1 aromatic heterocycles. The van der Waals surface area contributed by atoms with Gasteiger partial charge in [0.2, 0.25) is 11.8 Å². The van der Waals surface area contributed by atoms with Crippen LogP contribution in [-0.2, 0) is 16.0 Å². The van der Waals surface area contributed by atoms with Crippen molar-refractivity contribution < 1.29 is 9.59 Å². The van der Waals surface area contributed by atoms with E-state index in [9.17, 15) is 9.59 Å². The van der Waals surface area contributed by atoms with E-state index in [1.165, 1.54) is 6.42 Å². The summed E-state index contributed by atoms with van der Waals surface area (Å²) < 4.78 is 0. The third kappa shape index (κ3) is 3.26. The maximum atomic E-state index is 12.3. The Morgan fingerprint density at radius 3 is 2.57 bits per heavy atom. The molecule has 0 aliphatic carbocycles. The monoisotopic (exact) mass is 307 g/mol. The molecule has 1 aromatic rings. The quantitative estimate of drug-likeness (QED) is 0.849. The van der Waals surface area contributed by atoms with Gasteiger partial charge in [-0.25, -0.2) is 4.98 Å². The molecule has 2 amide bonds. The van der Waals surface area contributed by atoms with Crippen molar-refractivity contribution in [2.75, 3.05) is 26.2 Å². The standard InChI is InChI=1S/C15H21N3O2S/c1-11-16-13(10-21-11)7-14(19)18-8-12(9-18)15(20)17-5-3-2-4-6-17/h10,12H,2-9H2,1H3. The highest BCUT2D eigenvalue weighted by atomic mass is 32.1. The molecule has 0 saturated carbocycles. The Balaban J connectivity index is 1.46. The van der Waals surface area contributed by atoms with Gasteiger partial charge in [0.15, 0.2) is 0 Å². The molecular formula is C15H21N3O2S. The fourth-order valence-corrected chi connectivity index (χ4v) is 3.58. The maximum Gasteiger partial charge on any atom is 0.229 e. The molecule has 3 heterocycles. The van der Waals surface area contributed by atoms with Gasteiger partial charge in [-0.3, -0.25) is 9.59 Å². The fraction of sp³-hybridized carbons (Fsp3) is 0.667. The Hall–Kier alpha value is -1.43. The predicted octanol–water partition coefficient (Wildman–Crippen LogP) is 1.46. The van der Waals surface area contributed by atoms with Gasteiger partial charge in [0.05, 0.1) is 23.0 Å². The second kappa shape index (κ2) is 6.13. The van der Waals surface area contributed by atoms with E-state index in [0.717, 1.165) is 36.6 Å². The largest absolute Gasteiger partial charge is 0.342 e. The zero-order valence-corrected chi connectivity index (χ0v) is 13.2. The van der Waals surface area contributed by atoms with Gasteiger partial charge in [-0.15, -0.1) is 11.3 Å². The van der Waals surface area contributed by atoms with Crippen LogP contribution in [0.3, 0.4) is 0 Å². The van der Waals surface area contributed by atoms with Gasteiger partial charge < -0.3 is 9.80 Å². The minimum atomic E-state index is 0.0178. The molecule has 6 heteroatoms. The van der Waals surface area contributed by atoms with E-state index in [1.54, 1.807) is 16.2 Å². The topological polar surface area (TPSA) is 53.5 Å². The van der Waals surface area contributed by atoms with E-state index in [0.29, 0.717) is 19.5 Å². The van der Waals surface area contributed by atoms with Gasteiger partial charge in [-0.05, 0) is 26.2 Å². The first-order valence-corrected chi connectivity index (χ1v) is 8.49. The van der Waals surface area contributed by atoms with Crippen LogP contribution in [-0.4, -0.2) is 52.8 Å². The van der Waals surface area contributed by atoms with E-state index in [2.05, 4.69) is 4.98 Å². The van der Waals surface area contributed by atoms with Crippen molar-refractivity contribution in [3.63, 3.8) is 0 Å². The summed E-state index contributed by atoms with van der Waals surface area (Å²) in [5.74, 6) is 0.343. The lowest BCUT2D eigenvalue weighted by molar-refractivity contribution is -0.148. The van der Waals surface area contributed by atoms with Crippen molar-refractivity contribution in [1.82, 2.24) is 14.8 Å². The Morgan fingerprint density at radius 2 is 1.95 bits per heavy atom. The second-order valence-corrected chi connectivity index (χ2v) is 6.98. The summed E-state index contributed by atoms with van der Waals surface area (Å²) in [6.45, 7) is 4.88. The van der Waals surface area contributed by atoms with E-state index in [-0.39, 0.29) is 17.7 Å². The van der Waals surface area contributed by atoms with Gasteiger partial charge in [0, 0.05) is 31.6 Å². The van der Waals surface area contributed by atoms with Crippen molar-refractivity contribution in [1.29, 1.82) is 0 Å². The van der Waals surface area contributed by atoms with Crippen LogP contribution < -0.4 is 0 Å². The molecule has 0 radical (unpaired) electrons. The van der Waals surface area contributed by atoms with Crippen LogP contribution in [0.5, 0.6) is 0 Å². The number of thiazole rings is 1. The Labute approximate surface area is 129 Å². The number of aryl methyl sites for hydroxylation is 1. The van der Waals surface area contributed by atoms with Crippen LogP contribution in [0.25, 0.3) is 0 Å². The minimum Gasteiger partial charge on any atom is -0.342 e. The number of hydrogen-bond acceptors (Lipinski definition) is 4. The molecule has 0 bridgehead atoms. The summed E-state index contributed by atoms with van der Waals surface area (Å²) in [5.41, 5.74) is 0.841. The molecule has 21 heavy (non-hydrogen) atoms. The predicted molar refractivity (Wildman–Crippen MR) is 81.1 cm³/mol. The lowest BCUT2D eigenvalue weighted by Crippen LogP contribution is -2.57. The Bertz CT molecular complexity index is 531. The molecule has 0 aromatic carbocycles. The van der Waals surface area contributed by atoms with E-state index in [4.69, 9.17) is 0 Å². The Morgan fingerprint density at radius 1 is 1.24 bits per heavy atom. The number of amides is 2. The maximum absolute atomic E-state index is 12.3. The third-order valence-electron chi connectivity index (χ3n) is 4.25. The van der Waals surface area contributed by atoms with Crippen LogP contribution in [0.1, 0.15) is 30.0 Å². The highest BCUT2D eigenvalue weighted by Crippen LogP contribution is 2.22. The van der Waals surface area contributed by atoms with Crippen molar-refractivity contribution >= 4 is 23.2 Å². The van der Waals surface area contributed by atoms with Gasteiger partial charge in [-0.1, -0.05) is 0 Å². The third-order valence-corrected chi connectivity index (χ3v) is 5.07. The van der Waals surface area contributed by atoms with Crippen molar-refractivity contribution in [3.05, 3.63) is 16.1 Å². The molecule has 2 saturated heterocycles. The number of likely N-dealkylation sites (tertiary alicyclic amines) is 2. The number of hydrogen-bond donors (Lipinski definition) is 0. The number of rotatable bonds is 3. The van der Waals surface area contributed by atoms with Crippen LogP contribution in [0.4, 0.5) is 0 Å². The normalized spacial score (nSPS) is 19.5. The zero-order chi connectivity index (χ0) is 14.8. The second-order valence-electron chi connectivity index (χ2n) is 5.92. The number of carbonyl (C=O) groups is 2. The molecule has 3 rings (SSSR count). The molecule has 0 N–H and O–H groups in total. The summed E-state index contributed by atoms with van der Waals surface area (Å²) in [6, 6.07) is 0. The summed E-state index contributed by atoms with van der Waals surface area (Å²) in [5, 5.41) is 2.92. The molecule has 0 atom stereocenters. The summed E-state index contributed by atoms with van der Waals surface area (Å²) in [6.07, 6.45) is 3.82. The Kier molecular flexibility index (Phi) is 4.24. The zero-order valence-electron chi connectivity index (χ0n) is 12.4. The van der Waals surface area contributed by atoms with E-state index < -0.39 is 0 Å². The van der Waals surface area contributed by atoms with Crippen LogP contribution in [0.15, 0.2) is 5.38 Å². The van der Waals surface area contributed by atoms with Crippen molar-refractivity contribution in [2.45, 2.75) is 32.6 Å². The highest BCUT2D eigenvalue weighted by molar-refractivity contribution is 7.09. The van der Waals surface area contributed by atoms with Crippen LogP contribution >= 0.6 is 11.3 Å². The van der Waals surface area contributed by atoms with Gasteiger partial charge in [0.25, 0.3) is 0 Å². The van der Waals surface area contributed by atoms with Crippen molar-refractivity contribution in [3.8, 4) is 0 Å². The summed E-state index contributed by atoms with van der Waals surface area (Å²) in [4.78, 5) is 32.5. The molecule has 2 fully saturated rings.